The van der Waals surface area contributed by atoms with Crippen molar-refractivity contribution >= 4 is 28.7 Å². The van der Waals surface area contributed by atoms with Crippen LogP contribution < -0.4 is 0 Å². The van der Waals surface area contributed by atoms with Crippen LogP contribution in [-0.4, -0.2) is 46.3 Å². The highest BCUT2D eigenvalue weighted by Gasteiger charge is 2.30. The van der Waals surface area contributed by atoms with Crippen LogP contribution in [-0.2, 0) is 9.47 Å². The average molecular weight is 413 g/mol. The van der Waals surface area contributed by atoms with Crippen LogP contribution in [0.15, 0.2) is 0 Å². The Morgan fingerprint density at radius 2 is 1.81 bits per heavy atom. The molecule has 0 heterocycles. The Bertz CT molecular complexity index is 315. The van der Waals surface area contributed by atoms with Gasteiger partial charge in [0.15, 0.2) is 0 Å². The van der Waals surface area contributed by atoms with Gasteiger partial charge in [-0.05, 0) is 47.0 Å². The molecule has 0 aliphatic rings. The van der Waals surface area contributed by atoms with Gasteiger partial charge in [0.25, 0.3) is 0 Å². The fraction of sp³-hybridized carbons (Fsp3) is 0.938. The minimum absolute atomic E-state index is 0.270. The number of carbonyl (C=O) groups excluding carboxylic acids is 1. The molecule has 0 aliphatic heterocycles. The zero-order chi connectivity index (χ0) is 16.7. The van der Waals surface area contributed by atoms with Crippen molar-refractivity contribution in [2.45, 2.75) is 66.1 Å². The van der Waals surface area contributed by atoms with Crippen LogP contribution in [0.5, 0.6) is 0 Å². The first kappa shape index (κ1) is 21.0. The summed E-state index contributed by atoms with van der Waals surface area (Å²) in [6, 6.07) is 0. The molecule has 0 spiro atoms. The summed E-state index contributed by atoms with van der Waals surface area (Å²) in [5.74, 6) is 0.622. The summed E-state index contributed by atoms with van der Waals surface area (Å²) in [5, 5.41) is 0. The van der Waals surface area contributed by atoms with Gasteiger partial charge >= 0.3 is 6.09 Å². The summed E-state index contributed by atoms with van der Waals surface area (Å²) < 4.78 is 12.3. The summed E-state index contributed by atoms with van der Waals surface area (Å²) in [6.45, 7) is 15.9. The molecular weight excluding hydrogens is 381 g/mol. The Kier molecular flexibility index (Phi) is 9.16. The molecule has 0 aliphatic carbocycles. The topological polar surface area (TPSA) is 38.8 Å². The van der Waals surface area contributed by atoms with Gasteiger partial charge in [0.2, 0.25) is 0 Å². The predicted octanol–water partition coefficient (Wildman–Crippen LogP) is 4.50. The van der Waals surface area contributed by atoms with Crippen molar-refractivity contribution in [2.75, 3.05) is 24.1 Å². The van der Waals surface area contributed by atoms with Crippen LogP contribution in [0.1, 0.15) is 54.9 Å². The first-order chi connectivity index (χ1) is 9.53. The molecule has 0 rings (SSSR count). The molecule has 5 heteroatoms. The normalized spacial score (nSPS) is 14.9. The lowest BCUT2D eigenvalue weighted by molar-refractivity contribution is -0.0442. The summed E-state index contributed by atoms with van der Waals surface area (Å²) >= 11 is 2.32. The Hall–Kier alpha value is -0.0400. The predicted molar refractivity (Wildman–Crippen MR) is 96.2 cm³/mol. The third-order valence-electron chi connectivity index (χ3n) is 2.99. The summed E-state index contributed by atoms with van der Waals surface area (Å²) in [7, 11) is 0. The summed E-state index contributed by atoms with van der Waals surface area (Å²) in [6.07, 6.45) is 0.763. The third-order valence-corrected chi connectivity index (χ3v) is 4.60. The van der Waals surface area contributed by atoms with Gasteiger partial charge in [-0.25, -0.2) is 4.79 Å². The maximum Gasteiger partial charge on any atom is 0.410 e. The first-order valence-corrected chi connectivity index (χ1v) is 9.23. The molecule has 21 heavy (non-hydrogen) atoms. The van der Waals surface area contributed by atoms with Crippen molar-refractivity contribution in [1.82, 2.24) is 4.90 Å². The molecule has 126 valence electrons. The van der Waals surface area contributed by atoms with E-state index in [0.29, 0.717) is 19.0 Å². The van der Waals surface area contributed by atoms with Gasteiger partial charge in [-0.15, -0.1) is 0 Å². The average Bonchev–Trinajstić information content (AvgIpc) is 2.33. The Labute approximate surface area is 144 Å². The zero-order valence-corrected chi connectivity index (χ0v) is 16.8. The SMILES string of the molecule is CCN(CC(C)(CI)OCCC(C)C)C(=O)OC(C)(C)C. The number of likely N-dealkylation sites (N-methyl/N-ethyl adjacent to an activating group) is 1. The van der Waals surface area contributed by atoms with E-state index in [9.17, 15) is 4.79 Å². The van der Waals surface area contributed by atoms with Crippen LogP contribution in [0.4, 0.5) is 4.79 Å². The van der Waals surface area contributed by atoms with Crippen molar-refractivity contribution in [3.63, 3.8) is 0 Å². The molecule has 0 saturated carbocycles. The van der Waals surface area contributed by atoms with E-state index in [2.05, 4.69) is 43.4 Å². The summed E-state index contributed by atoms with van der Waals surface area (Å²) in [5.41, 5.74) is -0.800. The Morgan fingerprint density at radius 1 is 1.24 bits per heavy atom. The largest absolute Gasteiger partial charge is 0.444 e. The third kappa shape index (κ3) is 9.55. The molecule has 0 aromatic heterocycles. The number of hydrogen-bond donors (Lipinski definition) is 0. The van der Waals surface area contributed by atoms with E-state index in [1.165, 1.54) is 0 Å². The molecule has 0 bridgehead atoms. The van der Waals surface area contributed by atoms with Crippen molar-refractivity contribution in [1.29, 1.82) is 0 Å². The second-order valence-corrected chi connectivity index (χ2v) is 7.87. The van der Waals surface area contributed by atoms with Gasteiger partial charge in [0.1, 0.15) is 5.60 Å². The lowest BCUT2D eigenvalue weighted by Gasteiger charge is -2.35. The van der Waals surface area contributed by atoms with E-state index in [1.54, 1.807) is 4.90 Å². The summed E-state index contributed by atoms with van der Waals surface area (Å²) in [4.78, 5) is 13.9. The van der Waals surface area contributed by atoms with E-state index in [-0.39, 0.29) is 11.7 Å². The quantitative estimate of drug-likeness (QED) is 0.435. The lowest BCUT2D eigenvalue weighted by Crippen LogP contribution is -2.48. The molecule has 0 aromatic carbocycles. The monoisotopic (exact) mass is 413 g/mol. The smallest absolute Gasteiger partial charge is 0.410 e. The fourth-order valence-corrected chi connectivity index (χ4v) is 2.16. The Balaban J connectivity index is 4.62. The van der Waals surface area contributed by atoms with E-state index in [1.807, 2.05) is 27.7 Å². The molecule has 1 amide bonds. The molecule has 0 fully saturated rings. The lowest BCUT2D eigenvalue weighted by atomic mass is 10.1. The molecule has 0 N–H and O–H groups in total. The molecule has 0 radical (unpaired) electrons. The second kappa shape index (κ2) is 9.18. The van der Waals surface area contributed by atoms with Crippen LogP contribution in [0, 0.1) is 5.92 Å². The molecule has 4 nitrogen and oxygen atoms in total. The van der Waals surface area contributed by atoms with Gasteiger partial charge < -0.3 is 14.4 Å². The van der Waals surface area contributed by atoms with Crippen LogP contribution in [0.2, 0.25) is 0 Å². The molecule has 0 aromatic rings. The first-order valence-electron chi connectivity index (χ1n) is 7.71. The molecule has 1 atom stereocenters. The minimum atomic E-state index is -0.469. The number of rotatable bonds is 8. The van der Waals surface area contributed by atoms with Crippen LogP contribution in [0.25, 0.3) is 0 Å². The molecular formula is C16H32INO3. The highest BCUT2D eigenvalue weighted by molar-refractivity contribution is 14.1. The van der Waals surface area contributed by atoms with Gasteiger partial charge in [-0.3, -0.25) is 0 Å². The zero-order valence-electron chi connectivity index (χ0n) is 14.7. The number of halogens is 1. The number of hydrogen-bond acceptors (Lipinski definition) is 3. The number of ether oxygens (including phenoxy) is 2. The number of carbonyl (C=O) groups is 1. The van der Waals surface area contributed by atoms with Gasteiger partial charge in [0.05, 0.1) is 12.1 Å². The highest BCUT2D eigenvalue weighted by atomic mass is 127. The number of alkyl halides is 1. The van der Waals surface area contributed by atoms with Gasteiger partial charge in [-0.2, -0.15) is 0 Å². The fourth-order valence-electron chi connectivity index (χ4n) is 1.70. The van der Waals surface area contributed by atoms with E-state index in [0.717, 1.165) is 17.5 Å². The van der Waals surface area contributed by atoms with Gasteiger partial charge in [-0.1, -0.05) is 36.4 Å². The van der Waals surface area contributed by atoms with Crippen molar-refractivity contribution in [3.8, 4) is 0 Å². The van der Waals surface area contributed by atoms with E-state index in [4.69, 9.17) is 9.47 Å². The molecule has 1 unspecified atom stereocenters. The van der Waals surface area contributed by atoms with Crippen molar-refractivity contribution < 1.29 is 14.3 Å². The molecule has 0 saturated heterocycles. The van der Waals surface area contributed by atoms with Crippen LogP contribution in [0.3, 0.4) is 0 Å². The standard InChI is InChI=1S/C16H32INO3/c1-8-18(14(19)21-15(4,5)6)12-16(7,11-17)20-10-9-13(2)3/h13H,8-12H2,1-7H3. The van der Waals surface area contributed by atoms with Crippen LogP contribution >= 0.6 is 22.6 Å². The minimum Gasteiger partial charge on any atom is -0.444 e. The highest BCUT2D eigenvalue weighted by Crippen LogP contribution is 2.19. The van der Waals surface area contributed by atoms with Gasteiger partial charge in [0, 0.05) is 17.6 Å². The Morgan fingerprint density at radius 3 is 2.19 bits per heavy atom. The van der Waals surface area contributed by atoms with Crippen molar-refractivity contribution in [2.24, 2.45) is 5.92 Å². The van der Waals surface area contributed by atoms with E-state index >= 15 is 0 Å². The number of amides is 1. The second-order valence-electron chi connectivity index (χ2n) is 7.11. The maximum atomic E-state index is 12.2. The van der Waals surface area contributed by atoms with E-state index < -0.39 is 5.60 Å². The van der Waals surface area contributed by atoms with Crippen molar-refractivity contribution in [3.05, 3.63) is 0 Å². The number of nitrogens with zero attached hydrogens (tertiary/aromatic N) is 1. The maximum absolute atomic E-state index is 12.2.